The molecule has 0 bridgehead atoms. The van der Waals surface area contributed by atoms with Gasteiger partial charge in [-0.3, -0.25) is 0 Å². The van der Waals surface area contributed by atoms with Crippen LogP contribution in [-0.2, 0) is 4.74 Å². The molecule has 0 aliphatic heterocycles. The van der Waals surface area contributed by atoms with E-state index in [1.165, 1.54) is 12.8 Å². The average Bonchev–Trinajstić information content (AvgIpc) is 2.13. The maximum Gasteiger partial charge on any atom is 0.411 e. The maximum absolute atomic E-state index is 11.8. The van der Waals surface area contributed by atoms with Crippen LogP contribution in [0.3, 0.4) is 0 Å². The molecule has 102 valence electrons. The lowest BCUT2D eigenvalue weighted by Gasteiger charge is -2.35. The Morgan fingerprint density at radius 3 is 2.65 bits per heavy atom. The van der Waals surface area contributed by atoms with E-state index in [0.717, 1.165) is 12.8 Å². The van der Waals surface area contributed by atoms with Crippen LogP contribution in [0.1, 0.15) is 39.5 Å². The minimum absolute atomic E-state index is 0.121. The summed E-state index contributed by atoms with van der Waals surface area (Å²) in [4.78, 5) is 0. The number of nitrogens with one attached hydrogen (secondary N) is 1. The van der Waals surface area contributed by atoms with Gasteiger partial charge in [-0.05, 0) is 24.7 Å². The third-order valence-corrected chi connectivity index (χ3v) is 3.15. The number of alkyl halides is 3. The third-order valence-electron chi connectivity index (χ3n) is 3.15. The van der Waals surface area contributed by atoms with Gasteiger partial charge < -0.3 is 10.1 Å². The van der Waals surface area contributed by atoms with Crippen molar-refractivity contribution in [2.24, 2.45) is 5.41 Å². The van der Waals surface area contributed by atoms with Gasteiger partial charge in [-0.15, -0.1) is 0 Å². The smallest absolute Gasteiger partial charge is 0.371 e. The van der Waals surface area contributed by atoms with Gasteiger partial charge in [0.1, 0.15) is 6.61 Å². The van der Waals surface area contributed by atoms with Gasteiger partial charge >= 0.3 is 6.18 Å². The van der Waals surface area contributed by atoms with Crippen LogP contribution < -0.4 is 5.32 Å². The first-order valence-electron chi connectivity index (χ1n) is 6.16. The Morgan fingerprint density at radius 1 is 1.35 bits per heavy atom. The monoisotopic (exact) mass is 253 g/mol. The highest BCUT2D eigenvalue weighted by atomic mass is 19.4. The molecule has 0 heterocycles. The van der Waals surface area contributed by atoms with Crippen LogP contribution in [0.5, 0.6) is 0 Å². The third kappa shape index (κ3) is 6.88. The summed E-state index contributed by atoms with van der Waals surface area (Å²) in [7, 11) is 0. The van der Waals surface area contributed by atoms with Crippen LogP contribution >= 0.6 is 0 Å². The van der Waals surface area contributed by atoms with E-state index in [1.54, 1.807) is 0 Å². The molecule has 0 spiro atoms. The van der Waals surface area contributed by atoms with E-state index in [-0.39, 0.29) is 6.61 Å². The molecular weight excluding hydrogens is 231 g/mol. The molecule has 1 N–H and O–H groups in total. The van der Waals surface area contributed by atoms with Gasteiger partial charge in [0.15, 0.2) is 0 Å². The van der Waals surface area contributed by atoms with Gasteiger partial charge in [0, 0.05) is 12.6 Å². The highest BCUT2D eigenvalue weighted by Gasteiger charge is 2.28. The lowest BCUT2D eigenvalue weighted by molar-refractivity contribution is -0.173. The maximum atomic E-state index is 11.8. The molecule has 0 saturated heterocycles. The molecule has 1 aliphatic carbocycles. The second kappa shape index (κ2) is 6.05. The topological polar surface area (TPSA) is 21.3 Å². The van der Waals surface area contributed by atoms with Crippen molar-refractivity contribution < 1.29 is 17.9 Å². The zero-order chi connectivity index (χ0) is 12.9. The zero-order valence-electron chi connectivity index (χ0n) is 10.6. The molecule has 5 heteroatoms. The molecule has 1 aliphatic rings. The van der Waals surface area contributed by atoms with Crippen molar-refractivity contribution >= 4 is 0 Å². The number of hydrogen-bond donors (Lipinski definition) is 1. The van der Waals surface area contributed by atoms with Crippen LogP contribution in [0.4, 0.5) is 13.2 Å². The summed E-state index contributed by atoms with van der Waals surface area (Å²) < 4.78 is 39.9. The summed E-state index contributed by atoms with van der Waals surface area (Å²) in [6.45, 7) is 3.94. The predicted octanol–water partition coefficient (Wildman–Crippen LogP) is 3.12. The van der Waals surface area contributed by atoms with E-state index in [1.807, 2.05) is 0 Å². The Morgan fingerprint density at radius 2 is 2.06 bits per heavy atom. The average molecular weight is 253 g/mol. The fourth-order valence-corrected chi connectivity index (χ4v) is 2.40. The molecule has 17 heavy (non-hydrogen) atoms. The molecule has 1 fully saturated rings. The Labute approximate surface area is 101 Å². The molecule has 1 rings (SSSR count). The lowest BCUT2D eigenvalue weighted by atomic mass is 9.75. The minimum Gasteiger partial charge on any atom is -0.371 e. The van der Waals surface area contributed by atoms with Crippen molar-refractivity contribution in [3.8, 4) is 0 Å². The first-order valence-corrected chi connectivity index (χ1v) is 6.16. The summed E-state index contributed by atoms with van der Waals surface area (Å²) in [5, 5.41) is 3.27. The Balaban J connectivity index is 2.07. The van der Waals surface area contributed by atoms with Gasteiger partial charge in [0.2, 0.25) is 0 Å². The highest BCUT2D eigenvalue weighted by molar-refractivity contribution is 4.83. The van der Waals surface area contributed by atoms with E-state index in [0.29, 0.717) is 18.0 Å². The molecule has 1 atom stereocenters. The van der Waals surface area contributed by atoms with Crippen molar-refractivity contribution in [2.75, 3.05) is 19.8 Å². The summed E-state index contributed by atoms with van der Waals surface area (Å²) >= 11 is 0. The SMILES string of the molecule is CC1(C)CCCC(NCCOCC(F)(F)F)C1. The molecule has 1 saturated carbocycles. The molecule has 0 aromatic rings. The van der Waals surface area contributed by atoms with Crippen molar-refractivity contribution in [1.82, 2.24) is 5.32 Å². The van der Waals surface area contributed by atoms with Gasteiger partial charge in [0.05, 0.1) is 6.61 Å². The van der Waals surface area contributed by atoms with E-state index in [4.69, 9.17) is 0 Å². The zero-order valence-corrected chi connectivity index (χ0v) is 10.6. The van der Waals surface area contributed by atoms with E-state index < -0.39 is 12.8 Å². The highest BCUT2D eigenvalue weighted by Crippen LogP contribution is 2.34. The Bertz CT molecular complexity index is 228. The fourth-order valence-electron chi connectivity index (χ4n) is 2.40. The second-order valence-electron chi connectivity index (χ2n) is 5.58. The number of hydrogen-bond acceptors (Lipinski definition) is 2. The summed E-state index contributed by atoms with van der Waals surface area (Å²) in [6, 6.07) is 0.424. The van der Waals surface area contributed by atoms with E-state index in [2.05, 4.69) is 23.9 Å². The predicted molar refractivity (Wildman–Crippen MR) is 60.9 cm³/mol. The molecule has 1 unspecified atom stereocenters. The summed E-state index contributed by atoms with van der Waals surface area (Å²) in [5.74, 6) is 0. The lowest BCUT2D eigenvalue weighted by Crippen LogP contribution is -2.39. The van der Waals surface area contributed by atoms with Gasteiger partial charge in [-0.25, -0.2) is 0 Å². The molecule has 0 aromatic carbocycles. The Hall–Kier alpha value is -0.290. The van der Waals surface area contributed by atoms with E-state index >= 15 is 0 Å². The number of ether oxygens (including phenoxy) is 1. The van der Waals surface area contributed by atoms with Crippen LogP contribution in [-0.4, -0.2) is 32.0 Å². The molecule has 2 nitrogen and oxygen atoms in total. The van der Waals surface area contributed by atoms with E-state index in [9.17, 15) is 13.2 Å². The van der Waals surface area contributed by atoms with Gasteiger partial charge in [0.25, 0.3) is 0 Å². The minimum atomic E-state index is -4.22. The van der Waals surface area contributed by atoms with Crippen LogP contribution in [0.25, 0.3) is 0 Å². The van der Waals surface area contributed by atoms with Gasteiger partial charge in [-0.2, -0.15) is 13.2 Å². The molecule has 0 radical (unpaired) electrons. The standard InChI is InChI=1S/C12H22F3NO/c1-11(2)5-3-4-10(8-11)16-6-7-17-9-12(13,14)15/h10,16H,3-9H2,1-2H3. The van der Waals surface area contributed by atoms with Crippen LogP contribution in [0.15, 0.2) is 0 Å². The second-order valence-corrected chi connectivity index (χ2v) is 5.58. The number of halogens is 3. The molecule has 0 amide bonds. The Kier molecular flexibility index (Phi) is 5.25. The summed E-state index contributed by atoms with van der Waals surface area (Å²) in [5.41, 5.74) is 0.350. The van der Waals surface area contributed by atoms with Crippen LogP contribution in [0.2, 0.25) is 0 Å². The first kappa shape index (κ1) is 14.8. The normalized spacial score (nSPS) is 24.9. The van der Waals surface area contributed by atoms with Crippen molar-refractivity contribution in [3.05, 3.63) is 0 Å². The summed E-state index contributed by atoms with van der Waals surface area (Å²) in [6.07, 6.45) is 0.408. The largest absolute Gasteiger partial charge is 0.411 e. The van der Waals surface area contributed by atoms with Crippen molar-refractivity contribution in [1.29, 1.82) is 0 Å². The quantitative estimate of drug-likeness (QED) is 0.760. The molecular formula is C12H22F3NO. The number of rotatable bonds is 5. The fraction of sp³-hybridized carbons (Fsp3) is 1.00. The van der Waals surface area contributed by atoms with Crippen LogP contribution in [0, 0.1) is 5.41 Å². The molecule has 0 aromatic heterocycles. The first-order chi connectivity index (χ1) is 7.79. The van der Waals surface area contributed by atoms with Crippen molar-refractivity contribution in [3.63, 3.8) is 0 Å². The van der Waals surface area contributed by atoms with Gasteiger partial charge in [-0.1, -0.05) is 20.3 Å². The van der Waals surface area contributed by atoms with Crippen molar-refractivity contribution in [2.45, 2.75) is 51.7 Å².